The molecule has 0 atom stereocenters. The molecule has 0 radical (unpaired) electrons. The van der Waals surface area contributed by atoms with Crippen LogP contribution in [0.15, 0.2) is 24.3 Å². The zero-order valence-electron chi connectivity index (χ0n) is 11.8. The highest BCUT2D eigenvalue weighted by molar-refractivity contribution is 5.22. The van der Waals surface area contributed by atoms with Crippen LogP contribution in [0.25, 0.3) is 0 Å². The van der Waals surface area contributed by atoms with E-state index in [1.165, 1.54) is 30.4 Å². The molecule has 2 rings (SSSR count). The van der Waals surface area contributed by atoms with Crippen molar-refractivity contribution < 1.29 is 0 Å². The molecule has 2 N–H and O–H groups in total. The number of rotatable bonds is 7. The molecule has 0 bridgehead atoms. The Morgan fingerprint density at radius 3 is 2.22 bits per heavy atom. The molecule has 2 heteroatoms. The van der Waals surface area contributed by atoms with Crippen molar-refractivity contribution >= 4 is 0 Å². The van der Waals surface area contributed by atoms with Gasteiger partial charge in [0, 0.05) is 19.6 Å². The minimum Gasteiger partial charge on any atom is -0.319 e. The summed E-state index contributed by atoms with van der Waals surface area (Å²) in [5, 5.41) is 6.96. The fourth-order valence-corrected chi connectivity index (χ4v) is 2.83. The molecular weight excluding hydrogens is 220 g/mol. The molecule has 0 aromatic heterocycles. The van der Waals surface area contributed by atoms with Crippen LogP contribution in [0.1, 0.15) is 37.3 Å². The molecule has 1 saturated carbocycles. The first kappa shape index (κ1) is 13.6. The Morgan fingerprint density at radius 2 is 1.72 bits per heavy atom. The number of hydrogen-bond acceptors (Lipinski definition) is 2. The zero-order chi connectivity index (χ0) is 12.8. The zero-order valence-corrected chi connectivity index (χ0v) is 11.8. The molecule has 0 aliphatic heterocycles. The fraction of sp³-hybridized carbons (Fsp3) is 0.625. The topological polar surface area (TPSA) is 24.1 Å². The third kappa shape index (κ3) is 3.33. The van der Waals surface area contributed by atoms with Crippen molar-refractivity contribution in [2.45, 2.75) is 39.2 Å². The lowest BCUT2D eigenvalue weighted by atomic mass is 9.68. The number of hydrogen-bond donors (Lipinski definition) is 2. The van der Waals surface area contributed by atoms with Crippen LogP contribution < -0.4 is 10.6 Å². The molecule has 0 heterocycles. The van der Waals surface area contributed by atoms with Crippen LogP contribution in [0, 0.1) is 5.41 Å². The van der Waals surface area contributed by atoms with E-state index in [4.69, 9.17) is 0 Å². The minimum absolute atomic E-state index is 0.526. The van der Waals surface area contributed by atoms with E-state index in [0.29, 0.717) is 5.41 Å². The van der Waals surface area contributed by atoms with Gasteiger partial charge in [-0.05, 0) is 42.9 Å². The summed E-state index contributed by atoms with van der Waals surface area (Å²) in [4.78, 5) is 0. The van der Waals surface area contributed by atoms with Crippen LogP contribution in [-0.2, 0) is 13.0 Å². The maximum atomic E-state index is 3.63. The first-order chi connectivity index (χ1) is 8.78. The van der Waals surface area contributed by atoms with E-state index in [1.807, 2.05) is 0 Å². The first-order valence-electron chi connectivity index (χ1n) is 7.21. The van der Waals surface area contributed by atoms with Crippen LogP contribution in [0.2, 0.25) is 0 Å². The van der Waals surface area contributed by atoms with Gasteiger partial charge >= 0.3 is 0 Å². The van der Waals surface area contributed by atoms with Crippen molar-refractivity contribution in [3.05, 3.63) is 35.4 Å². The normalized spacial score (nSPS) is 17.4. The summed E-state index contributed by atoms with van der Waals surface area (Å²) in [6.45, 7) is 5.49. The van der Waals surface area contributed by atoms with Gasteiger partial charge in [-0.15, -0.1) is 0 Å². The highest BCUT2D eigenvalue weighted by atomic mass is 14.9. The van der Waals surface area contributed by atoms with Gasteiger partial charge < -0.3 is 10.6 Å². The lowest BCUT2D eigenvalue weighted by Gasteiger charge is -2.42. The van der Waals surface area contributed by atoms with Gasteiger partial charge in [-0.3, -0.25) is 0 Å². The van der Waals surface area contributed by atoms with Crippen LogP contribution in [0.5, 0.6) is 0 Å². The lowest BCUT2D eigenvalue weighted by molar-refractivity contribution is 0.130. The predicted molar refractivity (Wildman–Crippen MR) is 77.7 cm³/mol. The highest BCUT2D eigenvalue weighted by Crippen LogP contribution is 2.39. The standard InChI is InChI=1S/C16H26N2/c1-3-14-5-7-15(8-6-14)11-18-13-16(12-17-2)9-4-10-16/h5-8,17-18H,3-4,9-13H2,1-2H3. The van der Waals surface area contributed by atoms with Crippen molar-refractivity contribution in [3.63, 3.8) is 0 Å². The summed E-state index contributed by atoms with van der Waals surface area (Å²) in [5.74, 6) is 0. The highest BCUT2D eigenvalue weighted by Gasteiger charge is 2.35. The Kier molecular flexibility index (Phi) is 4.79. The Bertz CT molecular complexity index is 352. The Hall–Kier alpha value is -0.860. The molecule has 1 aliphatic rings. The summed E-state index contributed by atoms with van der Waals surface area (Å²) < 4.78 is 0. The molecule has 1 fully saturated rings. The fourth-order valence-electron chi connectivity index (χ4n) is 2.83. The summed E-state index contributed by atoms with van der Waals surface area (Å²) in [5.41, 5.74) is 3.34. The van der Waals surface area contributed by atoms with Crippen molar-refractivity contribution in [1.82, 2.24) is 10.6 Å². The molecule has 1 aromatic carbocycles. The van der Waals surface area contributed by atoms with Crippen LogP contribution in [0.3, 0.4) is 0 Å². The second kappa shape index (κ2) is 6.35. The van der Waals surface area contributed by atoms with E-state index in [1.54, 1.807) is 0 Å². The van der Waals surface area contributed by atoms with Crippen molar-refractivity contribution in [3.8, 4) is 0 Å². The second-order valence-corrected chi connectivity index (χ2v) is 5.66. The van der Waals surface area contributed by atoms with E-state index >= 15 is 0 Å². The van der Waals surface area contributed by atoms with Crippen molar-refractivity contribution in [2.75, 3.05) is 20.1 Å². The van der Waals surface area contributed by atoms with E-state index < -0.39 is 0 Å². The largest absolute Gasteiger partial charge is 0.319 e. The Labute approximate surface area is 111 Å². The van der Waals surface area contributed by atoms with E-state index in [0.717, 1.165) is 26.1 Å². The van der Waals surface area contributed by atoms with Gasteiger partial charge in [0.1, 0.15) is 0 Å². The summed E-state index contributed by atoms with van der Waals surface area (Å²) in [6.07, 6.45) is 5.26. The van der Waals surface area contributed by atoms with Crippen molar-refractivity contribution in [2.24, 2.45) is 5.41 Å². The average Bonchev–Trinajstić information content (AvgIpc) is 2.36. The van der Waals surface area contributed by atoms with Gasteiger partial charge in [0.05, 0.1) is 0 Å². The summed E-state index contributed by atoms with van der Waals surface area (Å²) in [6, 6.07) is 8.97. The maximum absolute atomic E-state index is 3.63. The number of nitrogens with one attached hydrogen (secondary N) is 2. The molecule has 1 aliphatic carbocycles. The molecule has 18 heavy (non-hydrogen) atoms. The van der Waals surface area contributed by atoms with E-state index in [-0.39, 0.29) is 0 Å². The van der Waals surface area contributed by atoms with Gasteiger partial charge in [-0.25, -0.2) is 0 Å². The Balaban J connectivity index is 1.77. The summed E-state index contributed by atoms with van der Waals surface area (Å²) >= 11 is 0. The van der Waals surface area contributed by atoms with Gasteiger partial charge in [0.15, 0.2) is 0 Å². The third-order valence-corrected chi connectivity index (χ3v) is 4.23. The van der Waals surface area contributed by atoms with Crippen molar-refractivity contribution in [1.29, 1.82) is 0 Å². The van der Waals surface area contributed by atoms with Crippen LogP contribution in [0.4, 0.5) is 0 Å². The monoisotopic (exact) mass is 246 g/mol. The summed E-state index contributed by atoms with van der Waals surface area (Å²) in [7, 11) is 2.06. The molecular formula is C16H26N2. The third-order valence-electron chi connectivity index (χ3n) is 4.23. The molecule has 0 unspecified atom stereocenters. The molecule has 0 saturated heterocycles. The predicted octanol–water partition coefficient (Wildman–Crippen LogP) is 2.73. The molecule has 0 spiro atoms. The maximum Gasteiger partial charge on any atom is 0.0205 e. The average molecular weight is 246 g/mol. The quantitative estimate of drug-likeness (QED) is 0.773. The minimum atomic E-state index is 0.526. The number of benzene rings is 1. The van der Waals surface area contributed by atoms with Crippen LogP contribution in [-0.4, -0.2) is 20.1 Å². The second-order valence-electron chi connectivity index (χ2n) is 5.66. The molecule has 0 amide bonds. The lowest BCUT2D eigenvalue weighted by Crippen LogP contribution is -2.46. The van der Waals surface area contributed by atoms with Gasteiger partial charge in [-0.2, -0.15) is 0 Å². The molecule has 100 valence electrons. The molecule has 2 nitrogen and oxygen atoms in total. The van der Waals surface area contributed by atoms with E-state index in [9.17, 15) is 0 Å². The SMILES string of the molecule is CCc1ccc(CNCC2(CNC)CCC2)cc1. The smallest absolute Gasteiger partial charge is 0.0205 e. The Morgan fingerprint density at radius 1 is 1.06 bits per heavy atom. The van der Waals surface area contributed by atoms with Gasteiger partial charge in [0.25, 0.3) is 0 Å². The first-order valence-corrected chi connectivity index (χ1v) is 7.21. The number of aryl methyl sites for hydroxylation is 1. The molecule has 1 aromatic rings. The van der Waals surface area contributed by atoms with Gasteiger partial charge in [-0.1, -0.05) is 37.6 Å². The van der Waals surface area contributed by atoms with Crippen LogP contribution >= 0.6 is 0 Å². The van der Waals surface area contributed by atoms with Gasteiger partial charge in [0.2, 0.25) is 0 Å². The van der Waals surface area contributed by atoms with E-state index in [2.05, 4.69) is 48.9 Å².